The Morgan fingerprint density at radius 2 is 2.08 bits per heavy atom. The topological polar surface area (TPSA) is 68.4 Å². The van der Waals surface area contributed by atoms with Crippen LogP contribution in [0.3, 0.4) is 0 Å². The minimum absolute atomic E-state index is 0.324. The van der Waals surface area contributed by atoms with E-state index in [2.05, 4.69) is 18.0 Å². The molecule has 1 aromatic heterocycles. The number of aromatic nitrogens is 1. The van der Waals surface area contributed by atoms with Crippen molar-refractivity contribution in [3.05, 3.63) is 53.2 Å². The number of primary amides is 1. The SMILES string of the molecule is CCON1CCC(c2ccc(-c3c[c]cc(CC)n3)cc2C(N)=O)CC1. The Balaban J connectivity index is 1.87. The third-order valence-corrected chi connectivity index (χ3v) is 4.92. The molecule has 3 rings (SSSR count). The summed E-state index contributed by atoms with van der Waals surface area (Å²) in [6.45, 7) is 6.48. The summed E-state index contributed by atoms with van der Waals surface area (Å²) in [5.41, 5.74) is 10.0. The quantitative estimate of drug-likeness (QED) is 0.866. The third kappa shape index (κ3) is 4.11. The first-order chi connectivity index (χ1) is 12.6. The van der Waals surface area contributed by atoms with Gasteiger partial charge in [0.2, 0.25) is 5.91 Å². The maximum absolute atomic E-state index is 12.1. The van der Waals surface area contributed by atoms with Crippen LogP contribution >= 0.6 is 0 Å². The fraction of sp³-hybridized carbons (Fsp3) is 0.429. The fourth-order valence-electron chi connectivity index (χ4n) is 3.53. The molecule has 1 aliphatic rings. The van der Waals surface area contributed by atoms with Crippen molar-refractivity contribution in [2.24, 2.45) is 5.73 Å². The van der Waals surface area contributed by atoms with Crippen LogP contribution in [-0.4, -0.2) is 35.7 Å². The number of pyridine rings is 1. The molecular formula is C21H26N3O2. The molecule has 0 aliphatic carbocycles. The number of amides is 1. The number of rotatable bonds is 6. The highest BCUT2D eigenvalue weighted by Crippen LogP contribution is 2.32. The van der Waals surface area contributed by atoms with E-state index in [0.29, 0.717) is 18.1 Å². The number of hydrogen-bond acceptors (Lipinski definition) is 4. The highest BCUT2D eigenvalue weighted by atomic mass is 16.7. The molecule has 1 amide bonds. The summed E-state index contributed by atoms with van der Waals surface area (Å²) in [6.07, 6.45) is 2.76. The van der Waals surface area contributed by atoms with Gasteiger partial charge in [-0.05, 0) is 61.9 Å². The summed E-state index contributed by atoms with van der Waals surface area (Å²) in [5.74, 6) is -0.0607. The zero-order chi connectivity index (χ0) is 18.5. The van der Waals surface area contributed by atoms with Crippen LogP contribution in [0.5, 0.6) is 0 Å². The summed E-state index contributed by atoms with van der Waals surface area (Å²) in [6, 6.07) is 12.8. The van der Waals surface area contributed by atoms with Gasteiger partial charge in [-0.25, -0.2) is 0 Å². The molecule has 2 N–H and O–H groups in total. The van der Waals surface area contributed by atoms with Gasteiger partial charge in [-0.3, -0.25) is 14.6 Å². The third-order valence-electron chi connectivity index (χ3n) is 4.92. The van der Waals surface area contributed by atoms with Gasteiger partial charge in [-0.2, -0.15) is 5.06 Å². The highest BCUT2D eigenvalue weighted by Gasteiger charge is 2.24. The van der Waals surface area contributed by atoms with Gasteiger partial charge in [0.05, 0.1) is 12.3 Å². The first-order valence-corrected chi connectivity index (χ1v) is 9.31. The zero-order valence-electron chi connectivity index (χ0n) is 15.5. The lowest BCUT2D eigenvalue weighted by atomic mass is 9.85. The smallest absolute Gasteiger partial charge is 0.249 e. The van der Waals surface area contributed by atoms with E-state index in [1.165, 1.54) is 0 Å². The van der Waals surface area contributed by atoms with Crippen molar-refractivity contribution in [1.82, 2.24) is 10.0 Å². The van der Waals surface area contributed by atoms with Gasteiger partial charge in [0.1, 0.15) is 0 Å². The van der Waals surface area contributed by atoms with Crippen molar-refractivity contribution in [1.29, 1.82) is 0 Å². The first-order valence-electron chi connectivity index (χ1n) is 9.31. The maximum Gasteiger partial charge on any atom is 0.249 e. The molecule has 1 saturated heterocycles. The van der Waals surface area contributed by atoms with Gasteiger partial charge in [-0.1, -0.05) is 19.1 Å². The molecule has 0 spiro atoms. The summed E-state index contributed by atoms with van der Waals surface area (Å²) in [4.78, 5) is 22.3. The second kappa shape index (κ2) is 8.43. The summed E-state index contributed by atoms with van der Waals surface area (Å²) in [5, 5.41) is 2.00. The van der Waals surface area contributed by atoms with Crippen LogP contribution in [0.4, 0.5) is 0 Å². The monoisotopic (exact) mass is 352 g/mol. The number of piperidine rings is 1. The minimum Gasteiger partial charge on any atom is -0.366 e. The van der Waals surface area contributed by atoms with Crippen molar-refractivity contribution < 1.29 is 9.63 Å². The van der Waals surface area contributed by atoms with Crippen LogP contribution in [0.15, 0.2) is 30.3 Å². The molecule has 5 heteroatoms. The number of nitrogens with zero attached hydrogens (tertiary/aromatic N) is 2. The molecule has 26 heavy (non-hydrogen) atoms. The van der Waals surface area contributed by atoms with Gasteiger partial charge in [0.25, 0.3) is 0 Å². The molecule has 2 heterocycles. The van der Waals surface area contributed by atoms with Crippen molar-refractivity contribution in [2.75, 3.05) is 19.7 Å². The molecule has 1 aromatic carbocycles. The van der Waals surface area contributed by atoms with Gasteiger partial charge < -0.3 is 5.73 Å². The predicted octanol–water partition coefficient (Wildman–Crippen LogP) is 3.34. The number of hydrogen-bond donors (Lipinski definition) is 1. The number of aryl methyl sites for hydroxylation is 1. The van der Waals surface area contributed by atoms with Crippen LogP contribution in [0.25, 0.3) is 11.3 Å². The van der Waals surface area contributed by atoms with E-state index >= 15 is 0 Å². The Bertz CT molecular complexity index is 768. The second-order valence-electron chi connectivity index (χ2n) is 6.58. The van der Waals surface area contributed by atoms with Gasteiger partial charge >= 0.3 is 0 Å². The lowest BCUT2D eigenvalue weighted by molar-refractivity contribution is -0.166. The molecule has 1 radical (unpaired) electrons. The lowest BCUT2D eigenvalue weighted by Gasteiger charge is -2.31. The van der Waals surface area contributed by atoms with Gasteiger partial charge in [0, 0.05) is 29.9 Å². The average molecular weight is 352 g/mol. The van der Waals surface area contributed by atoms with E-state index in [4.69, 9.17) is 10.6 Å². The van der Waals surface area contributed by atoms with Crippen molar-refractivity contribution in [2.45, 2.75) is 39.0 Å². The van der Waals surface area contributed by atoms with Crippen molar-refractivity contribution >= 4 is 5.91 Å². The Labute approximate surface area is 155 Å². The predicted molar refractivity (Wildman–Crippen MR) is 102 cm³/mol. The molecular weight excluding hydrogens is 326 g/mol. The Morgan fingerprint density at radius 1 is 1.31 bits per heavy atom. The zero-order valence-corrected chi connectivity index (χ0v) is 15.5. The van der Waals surface area contributed by atoms with E-state index in [9.17, 15) is 4.79 Å². The molecule has 1 fully saturated rings. The number of hydroxylamine groups is 2. The summed E-state index contributed by atoms with van der Waals surface area (Å²) in [7, 11) is 0. The highest BCUT2D eigenvalue weighted by molar-refractivity contribution is 5.95. The summed E-state index contributed by atoms with van der Waals surface area (Å²) >= 11 is 0. The molecule has 0 atom stereocenters. The number of nitrogens with two attached hydrogens (primary N) is 1. The number of carbonyl (C=O) groups excluding carboxylic acids is 1. The fourth-order valence-corrected chi connectivity index (χ4v) is 3.53. The molecule has 1 aliphatic heterocycles. The molecule has 0 bridgehead atoms. The summed E-state index contributed by atoms with van der Waals surface area (Å²) < 4.78 is 0. The Kier molecular flexibility index (Phi) is 6.01. The minimum atomic E-state index is -0.385. The Hall–Kier alpha value is -2.24. The largest absolute Gasteiger partial charge is 0.366 e. The van der Waals surface area contributed by atoms with Gasteiger partial charge in [-0.15, -0.1) is 0 Å². The molecule has 0 saturated carbocycles. The first kappa shape index (κ1) is 18.5. The maximum atomic E-state index is 12.1. The Morgan fingerprint density at radius 3 is 2.73 bits per heavy atom. The van der Waals surface area contributed by atoms with E-state index < -0.39 is 0 Å². The average Bonchev–Trinajstić information content (AvgIpc) is 2.68. The van der Waals surface area contributed by atoms with Crippen LogP contribution in [0.1, 0.15) is 54.2 Å². The van der Waals surface area contributed by atoms with E-state index in [1.807, 2.05) is 42.3 Å². The standard InChI is InChI=1S/C21H26N3O2/c1-3-17-6-5-7-20(23-17)16-8-9-18(19(14-16)21(22)25)15-10-12-24(13-11-15)26-4-2/h6-9,14-15H,3-4,10-13H2,1-2H3,(H2,22,25). The van der Waals surface area contributed by atoms with E-state index in [0.717, 1.165) is 54.9 Å². The van der Waals surface area contributed by atoms with Crippen molar-refractivity contribution in [3.8, 4) is 11.3 Å². The number of benzene rings is 1. The van der Waals surface area contributed by atoms with Crippen LogP contribution < -0.4 is 5.73 Å². The molecule has 137 valence electrons. The number of carbonyl (C=O) groups is 1. The second-order valence-corrected chi connectivity index (χ2v) is 6.58. The van der Waals surface area contributed by atoms with Crippen LogP contribution in [-0.2, 0) is 11.3 Å². The van der Waals surface area contributed by atoms with Crippen molar-refractivity contribution in [3.63, 3.8) is 0 Å². The van der Waals surface area contributed by atoms with Crippen LogP contribution in [0.2, 0.25) is 0 Å². The molecule has 0 unspecified atom stereocenters. The van der Waals surface area contributed by atoms with Gasteiger partial charge in [0.15, 0.2) is 0 Å². The lowest BCUT2D eigenvalue weighted by Crippen LogP contribution is -2.33. The molecule has 2 aromatic rings. The van der Waals surface area contributed by atoms with Crippen LogP contribution in [0, 0.1) is 6.07 Å². The van der Waals surface area contributed by atoms with E-state index in [1.54, 1.807) is 0 Å². The van der Waals surface area contributed by atoms with E-state index in [-0.39, 0.29) is 5.91 Å². The molecule has 5 nitrogen and oxygen atoms in total. The normalized spacial score (nSPS) is 15.9.